The smallest absolute Gasteiger partial charge is 0.374 e. The van der Waals surface area contributed by atoms with Gasteiger partial charge in [0.25, 0.3) is 10.0 Å². The molecule has 3 aromatic rings. The number of anilines is 1. The lowest BCUT2D eigenvalue weighted by Crippen LogP contribution is -2.12. The van der Waals surface area contributed by atoms with Crippen LogP contribution in [0.2, 0.25) is 0 Å². The SMILES string of the molecule is COC(=O)c1ccc(S(=O)(=O)Nc2ccc(-c3cnccc3C)c(C)c2)o1. The minimum Gasteiger partial charge on any atom is -0.463 e. The van der Waals surface area contributed by atoms with Crippen molar-refractivity contribution in [3.8, 4) is 11.1 Å². The third-order valence-electron chi connectivity index (χ3n) is 4.04. The molecule has 0 radical (unpaired) electrons. The first-order valence-corrected chi connectivity index (χ1v) is 9.53. The maximum absolute atomic E-state index is 12.5. The number of esters is 1. The van der Waals surface area contributed by atoms with E-state index in [0.29, 0.717) is 5.69 Å². The fraction of sp³-hybridized carbons (Fsp3) is 0.158. The van der Waals surface area contributed by atoms with E-state index in [2.05, 4.69) is 14.4 Å². The highest BCUT2D eigenvalue weighted by Gasteiger charge is 2.22. The average molecular weight is 386 g/mol. The third kappa shape index (κ3) is 3.85. The number of nitrogens with zero attached hydrogens (tertiary/aromatic N) is 1. The lowest BCUT2D eigenvalue weighted by Gasteiger charge is -2.12. The molecule has 0 amide bonds. The molecule has 0 saturated heterocycles. The number of ether oxygens (including phenoxy) is 1. The normalized spacial score (nSPS) is 11.2. The highest BCUT2D eigenvalue weighted by molar-refractivity contribution is 7.92. The zero-order valence-electron chi connectivity index (χ0n) is 15.0. The van der Waals surface area contributed by atoms with E-state index in [-0.39, 0.29) is 10.9 Å². The van der Waals surface area contributed by atoms with Gasteiger partial charge >= 0.3 is 5.97 Å². The van der Waals surface area contributed by atoms with Crippen LogP contribution >= 0.6 is 0 Å². The lowest BCUT2D eigenvalue weighted by molar-refractivity contribution is 0.0559. The third-order valence-corrected chi connectivity index (χ3v) is 5.29. The van der Waals surface area contributed by atoms with E-state index in [4.69, 9.17) is 4.42 Å². The average Bonchev–Trinajstić information content (AvgIpc) is 3.13. The van der Waals surface area contributed by atoms with Crippen LogP contribution in [-0.4, -0.2) is 26.5 Å². The number of aryl methyl sites for hydroxylation is 2. The van der Waals surface area contributed by atoms with E-state index in [9.17, 15) is 13.2 Å². The lowest BCUT2D eigenvalue weighted by atomic mass is 9.98. The first kappa shape index (κ1) is 18.7. The summed E-state index contributed by atoms with van der Waals surface area (Å²) in [7, 11) is -2.79. The minimum absolute atomic E-state index is 0.184. The Bertz CT molecular complexity index is 1100. The molecular formula is C19H18N2O5S. The topological polar surface area (TPSA) is 98.5 Å². The Hall–Kier alpha value is -3.13. The Morgan fingerprint density at radius 3 is 2.52 bits per heavy atom. The molecule has 2 heterocycles. The summed E-state index contributed by atoms with van der Waals surface area (Å²) < 4.78 is 37.0. The number of furan rings is 1. The molecule has 1 N–H and O–H groups in total. The number of sulfonamides is 1. The van der Waals surface area contributed by atoms with Crippen LogP contribution in [0.4, 0.5) is 5.69 Å². The zero-order chi connectivity index (χ0) is 19.6. The van der Waals surface area contributed by atoms with Crippen LogP contribution in [0.15, 0.2) is 58.3 Å². The number of benzene rings is 1. The van der Waals surface area contributed by atoms with Crippen molar-refractivity contribution in [3.63, 3.8) is 0 Å². The second kappa shape index (κ2) is 7.24. The fourth-order valence-corrected chi connectivity index (χ4v) is 3.64. The van der Waals surface area contributed by atoms with E-state index in [0.717, 1.165) is 22.3 Å². The molecule has 0 spiro atoms. The number of pyridine rings is 1. The van der Waals surface area contributed by atoms with Crippen molar-refractivity contribution in [1.82, 2.24) is 4.98 Å². The number of carbonyl (C=O) groups is 1. The highest BCUT2D eigenvalue weighted by Crippen LogP contribution is 2.29. The Kier molecular flexibility index (Phi) is 5.00. The van der Waals surface area contributed by atoms with Crippen LogP contribution < -0.4 is 4.72 Å². The predicted octanol–water partition coefficient (Wildman–Crippen LogP) is 3.55. The van der Waals surface area contributed by atoms with Gasteiger partial charge in [0, 0.05) is 23.6 Å². The summed E-state index contributed by atoms with van der Waals surface area (Å²) in [5, 5.41) is -0.368. The summed E-state index contributed by atoms with van der Waals surface area (Å²) in [6, 6.07) is 9.59. The van der Waals surface area contributed by atoms with Gasteiger partial charge in [-0.15, -0.1) is 0 Å². The van der Waals surface area contributed by atoms with Crippen molar-refractivity contribution in [1.29, 1.82) is 0 Å². The minimum atomic E-state index is -3.97. The summed E-state index contributed by atoms with van der Waals surface area (Å²) in [6.45, 7) is 3.88. The van der Waals surface area contributed by atoms with E-state index in [1.165, 1.54) is 19.2 Å². The molecule has 0 atom stereocenters. The largest absolute Gasteiger partial charge is 0.463 e. The van der Waals surface area contributed by atoms with E-state index >= 15 is 0 Å². The van der Waals surface area contributed by atoms with Gasteiger partial charge in [-0.25, -0.2) is 4.79 Å². The number of nitrogens with one attached hydrogen (secondary N) is 1. The van der Waals surface area contributed by atoms with E-state index < -0.39 is 16.0 Å². The van der Waals surface area contributed by atoms with Gasteiger partial charge in [-0.2, -0.15) is 8.42 Å². The van der Waals surface area contributed by atoms with Crippen LogP contribution in [0.3, 0.4) is 0 Å². The molecule has 0 unspecified atom stereocenters. The molecule has 0 aliphatic rings. The number of rotatable bonds is 5. The summed E-state index contributed by atoms with van der Waals surface area (Å²) in [6.07, 6.45) is 3.50. The van der Waals surface area contributed by atoms with Gasteiger partial charge in [-0.05, 0) is 60.9 Å². The Balaban J connectivity index is 1.87. The fourth-order valence-electron chi connectivity index (χ4n) is 2.66. The van der Waals surface area contributed by atoms with Gasteiger partial charge in [-0.1, -0.05) is 6.07 Å². The summed E-state index contributed by atoms with van der Waals surface area (Å²) in [5.74, 6) is -0.931. The molecular weight excluding hydrogens is 368 g/mol. The standard InChI is InChI=1S/C19H18N2O5S/c1-12-8-9-20-11-16(12)15-5-4-14(10-13(15)2)21-27(23,24)18-7-6-17(26-18)19(22)25-3/h4-11,21H,1-3H3. The van der Waals surface area contributed by atoms with Gasteiger partial charge in [0.05, 0.1) is 7.11 Å². The molecule has 2 aromatic heterocycles. The number of hydrogen-bond donors (Lipinski definition) is 1. The molecule has 1 aromatic carbocycles. The molecule has 140 valence electrons. The quantitative estimate of drug-likeness (QED) is 0.674. The van der Waals surface area contributed by atoms with Crippen molar-refractivity contribution in [2.24, 2.45) is 0 Å². The van der Waals surface area contributed by atoms with Crippen molar-refractivity contribution < 1.29 is 22.4 Å². The van der Waals surface area contributed by atoms with Gasteiger partial charge < -0.3 is 9.15 Å². The van der Waals surface area contributed by atoms with Crippen molar-refractivity contribution >= 4 is 21.7 Å². The van der Waals surface area contributed by atoms with Crippen LogP contribution in [0.5, 0.6) is 0 Å². The van der Waals surface area contributed by atoms with Gasteiger partial charge in [0.1, 0.15) is 0 Å². The van der Waals surface area contributed by atoms with Crippen molar-refractivity contribution in [2.75, 3.05) is 11.8 Å². The summed E-state index contributed by atoms with van der Waals surface area (Å²) in [4.78, 5) is 15.6. The molecule has 7 nitrogen and oxygen atoms in total. The van der Waals surface area contributed by atoms with E-state index in [1.54, 1.807) is 24.5 Å². The number of hydrogen-bond acceptors (Lipinski definition) is 6. The Morgan fingerprint density at radius 1 is 1.07 bits per heavy atom. The maximum Gasteiger partial charge on any atom is 0.374 e. The molecule has 8 heteroatoms. The molecule has 0 saturated carbocycles. The zero-order valence-corrected chi connectivity index (χ0v) is 15.8. The monoisotopic (exact) mass is 386 g/mol. The van der Waals surface area contributed by atoms with Crippen molar-refractivity contribution in [3.05, 3.63) is 65.7 Å². The predicted molar refractivity (Wildman–Crippen MR) is 100 cm³/mol. The first-order valence-electron chi connectivity index (χ1n) is 8.04. The van der Waals surface area contributed by atoms with Gasteiger partial charge in [0.15, 0.2) is 0 Å². The number of aromatic nitrogens is 1. The number of carbonyl (C=O) groups excluding carboxylic acids is 1. The van der Waals surface area contributed by atoms with Crippen LogP contribution in [0.25, 0.3) is 11.1 Å². The van der Waals surface area contributed by atoms with Gasteiger partial charge in [-0.3, -0.25) is 9.71 Å². The first-order chi connectivity index (χ1) is 12.8. The molecule has 0 aliphatic heterocycles. The summed E-state index contributed by atoms with van der Waals surface area (Å²) >= 11 is 0. The summed E-state index contributed by atoms with van der Waals surface area (Å²) in [5.41, 5.74) is 4.30. The van der Waals surface area contributed by atoms with Gasteiger partial charge in [0.2, 0.25) is 10.9 Å². The molecule has 0 bridgehead atoms. The van der Waals surface area contributed by atoms with Crippen LogP contribution in [0.1, 0.15) is 21.7 Å². The second-order valence-corrected chi connectivity index (χ2v) is 7.55. The second-order valence-electron chi connectivity index (χ2n) is 5.94. The highest BCUT2D eigenvalue weighted by atomic mass is 32.2. The molecule has 27 heavy (non-hydrogen) atoms. The Labute approximate surface area is 157 Å². The van der Waals surface area contributed by atoms with Crippen LogP contribution in [-0.2, 0) is 14.8 Å². The Morgan fingerprint density at radius 2 is 1.85 bits per heavy atom. The van der Waals surface area contributed by atoms with E-state index in [1.807, 2.05) is 26.0 Å². The molecule has 0 fully saturated rings. The van der Waals surface area contributed by atoms with Crippen molar-refractivity contribution in [2.45, 2.75) is 18.9 Å². The molecule has 3 rings (SSSR count). The number of methoxy groups -OCH3 is 1. The molecule has 0 aliphatic carbocycles. The maximum atomic E-state index is 12.5. The van der Waals surface area contributed by atoms with Crippen LogP contribution in [0, 0.1) is 13.8 Å².